The lowest BCUT2D eigenvalue weighted by molar-refractivity contribution is -0.135. The molecule has 0 spiro atoms. The highest BCUT2D eigenvalue weighted by Crippen LogP contribution is 2.49. The van der Waals surface area contributed by atoms with Crippen LogP contribution in [0.2, 0.25) is 10.0 Å². The van der Waals surface area contributed by atoms with Gasteiger partial charge in [0.05, 0.1) is 5.41 Å². The van der Waals surface area contributed by atoms with E-state index in [0.29, 0.717) is 41.8 Å². The molecule has 0 bridgehead atoms. The Bertz CT molecular complexity index is 853. The molecule has 4 nitrogen and oxygen atoms in total. The van der Waals surface area contributed by atoms with E-state index in [1.54, 1.807) is 23.1 Å². The molecule has 2 aromatic rings. The van der Waals surface area contributed by atoms with Gasteiger partial charge in [-0.1, -0.05) is 53.5 Å². The Labute approximate surface area is 168 Å². The summed E-state index contributed by atoms with van der Waals surface area (Å²) in [5.74, 6) is 0.0855. The summed E-state index contributed by atoms with van der Waals surface area (Å²) < 4.78 is 0. The molecule has 0 unspecified atom stereocenters. The number of hydrogen-bond acceptors (Lipinski definition) is 2. The van der Waals surface area contributed by atoms with Crippen molar-refractivity contribution in [3.8, 4) is 0 Å². The molecule has 1 saturated carbocycles. The summed E-state index contributed by atoms with van der Waals surface area (Å²) in [5, 5.41) is 0.886. The highest BCUT2D eigenvalue weighted by Gasteiger charge is 2.53. The van der Waals surface area contributed by atoms with Crippen LogP contribution in [-0.4, -0.2) is 47.8 Å². The smallest absolute Gasteiger partial charge is 0.254 e. The minimum absolute atomic E-state index is 0.101. The van der Waals surface area contributed by atoms with Gasteiger partial charge in [0.1, 0.15) is 0 Å². The number of amides is 2. The first-order valence-corrected chi connectivity index (χ1v) is 9.85. The Morgan fingerprint density at radius 2 is 1.37 bits per heavy atom. The summed E-state index contributed by atoms with van der Waals surface area (Å²) in [6, 6.07) is 14.9. The molecule has 2 amide bonds. The largest absolute Gasteiger partial charge is 0.338 e. The van der Waals surface area contributed by atoms with Gasteiger partial charge in [0.25, 0.3) is 5.91 Å². The Morgan fingerprint density at radius 1 is 0.815 bits per heavy atom. The number of carbonyl (C=O) groups is 2. The van der Waals surface area contributed by atoms with Crippen molar-refractivity contribution in [1.82, 2.24) is 9.80 Å². The van der Waals surface area contributed by atoms with Crippen LogP contribution in [-0.2, 0) is 10.2 Å². The van der Waals surface area contributed by atoms with Crippen molar-refractivity contribution in [2.24, 2.45) is 0 Å². The van der Waals surface area contributed by atoms with Crippen LogP contribution >= 0.6 is 23.2 Å². The maximum atomic E-state index is 13.1. The average molecular weight is 403 g/mol. The van der Waals surface area contributed by atoms with Crippen molar-refractivity contribution in [3.05, 3.63) is 69.7 Å². The Kier molecular flexibility index (Phi) is 4.87. The molecular weight excluding hydrogens is 383 g/mol. The summed E-state index contributed by atoms with van der Waals surface area (Å²) >= 11 is 12.0. The molecule has 0 atom stereocenters. The molecule has 4 rings (SSSR count). The van der Waals surface area contributed by atoms with E-state index in [2.05, 4.69) is 0 Å². The van der Waals surface area contributed by atoms with E-state index in [-0.39, 0.29) is 17.2 Å². The Balaban J connectivity index is 1.42. The second-order valence-electron chi connectivity index (χ2n) is 7.19. The minimum Gasteiger partial charge on any atom is -0.338 e. The molecule has 0 radical (unpaired) electrons. The van der Waals surface area contributed by atoms with E-state index in [4.69, 9.17) is 23.2 Å². The highest BCUT2D eigenvalue weighted by molar-refractivity contribution is 6.35. The fourth-order valence-electron chi connectivity index (χ4n) is 3.78. The number of benzene rings is 2. The maximum Gasteiger partial charge on any atom is 0.254 e. The van der Waals surface area contributed by atoms with Crippen LogP contribution in [0.5, 0.6) is 0 Å². The number of halogens is 2. The van der Waals surface area contributed by atoms with Crippen LogP contribution in [0, 0.1) is 0 Å². The third kappa shape index (κ3) is 3.56. The van der Waals surface area contributed by atoms with E-state index < -0.39 is 0 Å². The van der Waals surface area contributed by atoms with Crippen molar-refractivity contribution >= 4 is 35.0 Å². The van der Waals surface area contributed by atoms with Crippen LogP contribution in [0.3, 0.4) is 0 Å². The molecular formula is C21H20Cl2N2O2. The van der Waals surface area contributed by atoms with Crippen LogP contribution < -0.4 is 0 Å². The zero-order valence-electron chi connectivity index (χ0n) is 14.8. The molecule has 6 heteroatoms. The molecule has 1 aliphatic heterocycles. The van der Waals surface area contributed by atoms with Crippen molar-refractivity contribution < 1.29 is 9.59 Å². The molecule has 0 N–H and O–H groups in total. The van der Waals surface area contributed by atoms with Crippen LogP contribution in [0.15, 0.2) is 48.5 Å². The molecule has 2 fully saturated rings. The Morgan fingerprint density at radius 3 is 1.93 bits per heavy atom. The second kappa shape index (κ2) is 7.17. The van der Waals surface area contributed by atoms with Gasteiger partial charge in [-0.2, -0.15) is 0 Å². The fraction of sp³-hybridized carbons (Fsp3) is 0.333. The van der Waals surface area contributed by atoms with E-state index in [9.17, 15) is 9.59 Å². The molecule has 27 heavy (non-hydrogen) atoms. The van der Waals surface area contributed by atoms with Gasteiger partial charge < -0.3 is 9.80 Å². The third-order valence-corrected chi connectivity index (χ3v) is 5.89. The van der Waals surface area contributed by atoms with Crippen molar-refractivity contribution in [3.63, 3.8) is 0 Å². The van der Waals surface area contributed by atoms with Crippen LogP contribution in [0.1, 0.15) is 28.8 Å². The van der Waals surface area contributed by atoms with E-state index in [1.165, 1.54) is 0 Å². The van der Waals surface area contributed by atoms with E-state index in [0.717, 1.165) is 18.4 Å². The predicted molar refractivity (Wildman–Crippen MR) is 106 cm³/mol. The van der Waals surface area contributed by atoms with Gasteiger partial charge in [-0.05, 0) is 36.6 Å². The third-order valence-electron chi connectivity index (χ3n) is 5.45. The lowest BCUT2D eigenvalue weighted by Gasteiger charge is -2.36. The summed E-state index contributed by atoms with van der Waals surface area (Å²) in [5.41, 5.74) is 1.23. The highest BCUT2D eigenvalue weighted by atomic mass is 35.5. The molecule has 0 aromatic heterocycles. The van der Waals surface area contributed by atoms with Gasteiger partial charge >= 0.3 is 0 Å². The number of rotatable bonds is 3. The number of hydrogen-bond donors (Lipinski definition) is 0. The number of piperazine rings is 1. The maximum absolute atomic E-state index is 13.1. The fourth-order valence-corrected chi connectivity index (χ4v) is 4.31. The number of nitrogens with zero attached hydrogens (tertiary/aromatic N) is 2. The first-order valence-electron chi connectivity index (χ1n) is 9.10. The predicted octanol–water partition coefficient (Wildman–Crippen LogP) is 4.01. The first-order chi connectivity index (χ1) is 13.0. The standard InChI is InChI=1S/C21H20Cl2N2O2/c22-17-12-15(13-18(23)14-17)19(26)24-8-10-25(11-9-24)20(27)21(6-7-21)16-4-2-1-3-5-16/h1-5,12-14H,6-11H2. The lowest BCUT2D eigenvalue weighted by Crippen LogP contribution is -2.53. The van der Waals surface area contributed by atoms with Crippen LogP contribution in [0.4, 0.5) is 0 Å². The lowest BCUT2D eigenvalue weighted by atomic mass is 9.94. The Hall–Kier alpha value is -2.04. The summed E-state index contributed by atoms with van der Waals surface area (Å²) in [6.07, 6.45) is 1.80. The topological polar surface area (TPSA) is 40.6 Å². The van der Waals surface area contributed by atoms with Gasteiger partial charge in [0, 0.05) is 41.8 Å². The monoisotopic (exact) mass is 402 g/mol. The van der Waals surface area contributed by atoms with Gasteiger partial charge in [-0.15, -0.1) is 0 Å². The molecule has 140 valence electrons. The summed E-state index contributed by atoms with van der Waals surface area (Å²) in [6.45, 7) is 2.13. The molecule has 1 aliphatic carbocycles. The summed E-state index contributed by atoms with van der Waals surface area (Å²) in [4.78, 5) is 29.5. The van der Waals surface area contributed by atoms with Gasteiger partial charge in [0.15, 0.2) is 0 Å². The summed E-state index contributed by atoms with van der Waals surface area (Å²) in [7, 11) is 0. The van der Waals surface area contributed by atoms with Crippen molar-refractivity contribution in [2.45, 2.75) is 18.3 Å². The normalized spacial score (nSPS) is 18.3. The zero-order valence-corrected chi connectivity index (χ0v) is 16.3. The van der Waals surface area contributed by atoms with Crippen molar-refractivity contribution in [2.75, 3.05) is 26.2 Å². The van der Waals surface area contributed by atoms with E-state index in [1.807, 2.05) is 35.2 Å². The average Bonchev–Trinajstić information content (AvgIpc) is 3.49. The SMILES string of the molecule is O=C(c1cc(Cl)cc(Cl)c1)N1CCN(C(=O)C2(c3ccccc3)CC2)CC1. The minimum atomic E-state index is -0.353. The zero-order chi connectivity index (χ0) is 19.0. The number of carbonyl (C=O) groups excluding carboxylic acids is 2. The van der Waals surface area contributed by atoms with E-state index >= 15 is 0 Å². The molecule has 1 saturated heterocycles. The molecule has 1 heterocycles. The van der Waals surface area contributed by atoms with Gasteiger partial charge in [0.2, 0.25) is 5.91 Å². The first kappa shape index (κ1) is 18.3. The molecule has 2 aliphatic rings. The quantitative estimate of drug-likeness (QED) is 0.777. The second-order valence-corrected chi connectivity index (χ2v) is 8.06. The molecule has 2 aromatic carbocycles. The van der Waals surface area contributed by atoms with Gasteiger partial charge in [-0.25, -0.2) is 0 Å². The van der Waals surface area contributed by atoms with Gasteiger partial charge in [-0.3, -0.25) is 9.59 Å². The van der Waals surface area contributed by atoms with Crippen LogP contribution in [0.25, 0.3) is 0 Å². The van der Waals surface area contributed by atoms with Crippen molar-refractivity contribution in [1.29, 1.82) is 0 Å².